The molecule has 0 bridgehead atoms. The molecule has 1 fully saturated rings. The maximum atomic E-state index is 11.9. The molecule has 0 aliphatic carbocycles. The molecule has 26 heavy (non-hydrogen) atoms. The summed E-state index contributed by atoms with van der Waals surface area (Å²) in [4.78, 5) is 11.9. The first-order chi connectivity index (χ1) is 12.4. The number of amides is 2. The molecule has 8 heteroatoms. The molecule has 1 aliphatic rings. The molecule has 2 aromatic carbocycles. The predicted octanol–water partition coefficient (Wildman–Crippen LogP) is 2.62. The molecule has 0 saturated carbocycles. The third-order valence-corrected chi connectivity index (χ3v) is 5.94. The molecule has 0 aromatic heterocycles. The molecule has 4 N–H and O–H groups in total. The highest BCUT2D eigenvalue weighted by molar-refractivity contribution is 7.91. The number of hydrogen-bond acceptors (Lipinski definition) is 5. The highest BCUT2D eigenvalue weighted by Crippen LogP contribution is 2.23. The van der Waals surface area contributed by atoms with E-state index in [1.54, 1.807) is 48.5 Å². The van der Waals surface area contributed by atoms with Crippen LogP contribution in [-0.4, -0.2) is 32.5 Å². The maximum absolute atomic E-state index is 11.9. The van der Waals surface area contributed by atoms with Crippen molar-refractivity contribution in [2.75, 3.05) is 29.1 Å². The van der Waals surface area contributed by atoms with E-state index in [0.29, 0.717) is 35.8 Å². The predicted molar refractivity (Wildman–Crippen MR) is 101 cm³/mol. The van der Waals surface area contributed by atoms with E-state index in [2.05, 4.69) is 10.6 Å². The highest BCUT2D eigenvalue weighted by Gasteiger charge is 2.27. The van der Waals surface area contributed by atoms with Crippen molar-refractivity contribution in [3.8, 4) is 11.5 Å². The molecule has 1 unspecified atom stereocenters. The van der Waals surface area contributed by atoms with Crippen LogP contribution in [0.5, 0.6) is 11.5 Å². The first-order valence-electron chi connectivity index (χ1n) is 8.28. The minimum absolute atomic E-state index is 0.0126. The maximum Gasteiger partial charge on any atom is 0.319 e. The number of benzene rings is 2. The molecule has 1 saturated heterocycles. The zero-order chi connectivity index (χ0) is 18.6. The van der Waals surface area contributed by atoms with E-state index in [1.165, 1.54) is 0 Å². The van der Waals surface area contributed by atoms with E-state index >= 15 is 0 Å². The molecule has 3 rings (SSSR count). The minimum atomic E-state index is -2.93. The lowest BCUT2D eigenvalue weighted by atomic mass is 10.1. The van der Waals surface area contributed by atoms with Gasteiger partial charge in [0.15, 0.2) is 9.84 Å². The molecule has 2 aromatic rings. The molecule has 7 nitrogen and oxygen atoms in total. The van der Waals surface area contributed by atoms with Crippen molar-refractivity contribution in [3.63, 3.8) is 0 Å². The summed E-state index contributed by atoms with van der Waals surface area (Å²) >= 11 is 0. The Hall–Kier alpha value is -2.74. The van der Waals surface area contributed by atoms with Crippen molar-refractivity contribution in [1.29, 1.82) is 0 Å². The van der Waals surface area contributed by atoms with Gasteiger partial charge in [-0.2, -0.15) is 0 Å². The summed E-state index contributed by atoms with van der Waals surface area (Å²) in [6.45, 7) is 0.351. The van der Waals surface area contributed by atoms with E-state index in [0.717, 1.165) is 0 Å². The zero-order valence-electron chi connectivity index (χ0n) is 14.1. The largest absolute Gasteiger partial charge is 0.457 e. The first kappa shape index (κ1) is 18.1. The van der Waals surface area contributed by atoms with Crippen molar-refractivity contribution >= 4 is 27.2 Å². The molecule has 1 aliphatic heterocycles. The van der Waals surface area contributed by atoms with Gasteiger partial charge in [-0.25, -0.2) is 13.2 Å². The van der Waals surface area contributed by atoms with Crippen LogP contribution in [0.3, 0.4) is 0 Å². The minimum Gasteiger partial charge on any atom is -0.457 e. The molecule has 1 heterocycles. The average molecular weight is 375 g/mol. The Morgan fingerprint density at radius 3 is 2.27 bits per heavy atom. The van der Waals surface area contributed by atoms with Gasteiger partial charge in [-0.1, -0.05) is 0 Å². The zero-order valence-corrected chi connectivity index (χ0v) is 15.0. The van der Waals surface area contributed by atoms with Crippen molar-refractivity contribution in [1.82, 2.24) is 5.32 Å². The van der Waals surface area contributed by atoms with E-state index in [1.807, 2.05) is 0 Å². The van der Waals surface area contributed by atoms with Crippen molar-refractivity contribution in [2.45, 2.75) is 6.42 Å². The Morgan fingerprint density at radius 1 is 1.08 bits per heavy atom. The van der Waals surface area contributed by atoms with Crippen LogP contribution in [-0.2, 0) is 9.84 Å². The van der Waals surface area contributed by atoms with E-state index < -0.39 is 9.84 Å². The quantitative estimate of drug-likeness (QED) is 0.696. The van der Waals surface area contributed by atoms with Gasteiger partial charge < -0.3 is 21.1 Å². The Bertz CT molecular complexity index is 864. The summed E-state index contributed by atoms with van der Waals surface area (Å²) in [7, 11) is -2.93. The lowest BCUT2D eigenvalue weighted by molar-refractivity contribution is 0.250. The number of nitrogen functional groups attached to an aromatic ring is 1. The van der Waals surface area contributed by atoms with Crippen LogP contribution in [0.2, 0.25) is 0 Å². The number of hydrogen-bond donors (Lipinski definition) is 3. The SMILES string of the molecule is Nc1ccc(Oc2ccc(NC(=O)NCC3CCS(=O)(=O)C3)cc2)cc1. The van der Waals surface area contributed by atoms with Gasteiger partial charge in [-0.15, -0.1) is 0 Å². The molecular formula is C18H21N3O4S. The number of carbonyl (C=O) groups excluding carboxylic acids is 1. The van der Waals surface area contributed by atoms with Crippen LogP contribution in [0.4, 0.5) is 16.2 Å². The van der Waals surface area contributed by atoms with Gasteiger partial charge in [0.2, 0.25) is 0 Å². The Balaban J connectivity index is 1.47. The Morgan fingerprint density at radius 2 is 1.69 bits per heavy atom. The summed E-state index contributed by atoms with van der Waals surface area (Å²) in [5, 5.41) is 5.43. The number of sulfone groups is 1. The van der Waals surface area contributed by atoms with Crippen LogP contribution >= 0.6 is 0 Å². The second-order valence-corrected chi connectivity index (χ2v) is 8.53. The van der Waals surface area contributed by atoms with Crippen LogP contribution in [0.1, 0.15) is 6.42 Å². The van der Waals surface area contributed by atoms with Gasteiger partial charge in [0, 0.05) is 17.9 Å². The number of carbonyl (C=O) groups is 1. The normalized spacial score (nSPS) is 18.2. The van der Waals surface area contributed by atoms with E-state index in [-0.39, 0.29) is 23.5 Å². The molecule has 2 amide bonds. The number of anilines is 2. The molecule has 0 radical (unpaired) electrons. The van der Waals surface area contributed by atoms with Crippen LogP contribution in [0.15, 0.2) is 48.5 Å². The summed E-state index contributed by atoms with van der Waals surface area (Å²) in [6.07, 6.45) is 0.597. The Kier molecular flexibility index (Phi) is 5.32. The summed E-state index contributed by atoms with van der Waals surface area (Å²) in [5.41, 5.74) is 6.91. The van der Waals surface area contributed by atoms with Crippen LogP contribution in [0.25, 0.3) is 0 Å². The van der Waals surface area contributed by atoms with Gasteiger partial charge in [0.05, 0.1) is 11.5 Å². The fraction of sp³-hybridized carbons (Fsp3) is 0.278. The van der Waals surface area contributed by atoms with Crippen molar-refractivity contribution < 1.29 is 17.9 Å². The standard InChI is InChI=1S/C18H21N3O4S/c19-14-1-5-16(6-2-14)25-17-7-3-15(4-8-17)21-18(22)20-11-13-9-10-26(23,24)12-13/h1-8,13H,9-12,19H2,(H2,20,21,22). The number of nitrogens with one attached hydrogen (secondary N) is 2. The third-order valence-electron chi connectivity index (χ3n) is 4.11. The second kappa shape index (κ2) is 7.65. The monoisotopic (exact) mass is 375 g/mol. The number of nitrogens with two attached hydrogens (primary N) is 1. The van der Waals surface area contributed by atoms with Gasteiger partial charge in [0.25, 0.3) is 0 Å². The second-order valence-electron chi connectivity index (χ2n) is 6.30. The van der Waals surface area contributed by atoms with Crippen molar-refractivity contribution in [3.05, 3.63) is 48.5 Å². The van der Waals surface area contributed by atoms with Crippen LogP contribution < -0.4 is 21.1 Å². The molecular weight excluding hydrogens is 354 g/mol. The smallest absolute Gasteiger partial charge is 0.319 e. The lowest BCUT2D eigenvalue weighted by Crippen LogP contribution is -2.33. The van der Waals surface area contributed by atoms with Gasteiger partial charge in [-0.05, 0) is 60.9 Å². The average Bonchev–Trinajstić information content (AvgIpc) is 2.96. The van der Waals surface area contributed by atoms with Crippen molar-refractivity contribution in [2.24, 2.45) is 5.92 Å². The number of urea groups is 1. The summed E-state index contributed by atoms with van der Waals surface area (Å²) < 4.78 is 28.5. The van der Waals surface area contributed by atoms with E-state index in [9.17, 15) is 13.2 Å². The number of rotatable bonds is 5. The highest BCUT2D eigenvalue weighted by atomic mass is 32.2. The first-order valence-corrected chi connectivity index (χ1v) is 10.1. The molecule has 138 valence electrons. The summed E-state index contributed by atoms with van der Waals surface area (Å²) in [6, 6.07) is 13.7. The fourth-order valence-electron chi connectivity index (χ4n) is 2.72. The van der Waals surface area contributed by atoms with Crippen LogP contribution in [0, 0.1) is 5.92 Å². The molecule has 1 atom stereocenters. The van der Waals surface area contributed by atoms with Gasteiger partial charge in [0.1, 0.15) is 11.5 Å². The fourth-order valence-corrected chi connectivity index (χ4v) is 4.59. The summed E-state index contributed by atoms with van der Waals surface area (Å²) in [5.74, 6) is 1.64. The topological polar surface area (TPSA) is 111 Å². The van der Waals surface area contributed by atoms with Gasteiger partial charge in [-0.3, -0.25) is 0 Å². The number of ether oxygens (including phenoxy) is 1. The van der Waals surface area contributed by atoms with E-state index in [4.69, 9.17) is 10.5 Å². The lowest BCUT2D eigenvalue weighted by Gasteiger charge is -2.11. The molecule has 0 spiro atoms. The third kappa shape index (κ3) is 5.13. The Labute approximate surface area is 152 Å². The van der Waals surface area contributed by atoms with Gasteiger partial charge >= 0.3 is 6.03 Å².